The lowest BCUT2D eigenvalue weighted by Crippen LogP contribution is -1.98. The molecular weight excluding hydrogens is 270 g/mol. The predicted octanol–water partition coefficient (Wildman–Crippen LogP) is 3.35. The lowest BCUT2D eigenvalue weighted by atomic mass is 10.0. The number of rotatable bonds is 2. The Balaban J connectivity index is 2.47. The second-order valence-electron chi connectivity index (χ2n) is 4.69. The third kappa shape index (κ3) is 1.89. The molecule has 1 aliphatic carbocycles. The second-order valence-corrected chi connectivity index (χ2v) is 7.22. The van der Waals surface area contributed by atoms with Gasteiger partial charge in [-0.15, -0.1) is 0 Å². The Morgan fingerprint density at radius 3 is 2.67 bits per heavy atom. The van der Waals surface area contributed by atoms with E-state index in [1.54, 1.807) is 18.3 Å². The van der Waals surface area contributed by atoms with E-state index in [2.05, 4.69) is 4.98 Å². The lowest BCUT2D eigenvalue weighted by molar-refractivity contribution is 0.610. The van der Waals surface area contributed by atoms with Crippen LogP contribution in [0.1, 0.15) is 30.0 Å². The van der Waals surface area contributed by atoms with E-state index in [9.17, 15) is 8.42 Å². The minimum atomic E-state index is -3.73. The van der Waals surface area contributed by atoms with Crippen LogP contribution < -0.4 is 0 Å². The first kappa shape index (κ1) is 11.9. The largest absolute Gasteiger partial charge is 0.261 e. The summed E-state index contributed by atoms with van der Waals surface area (Å²) in [5, 5.41) is 1.63. The van der Waals surface area contributed by atoms with Crippen LogP contribution in [0.25, 0.3) is 10.8 Å². The summed E-state index contributed by atoms with van der Waals surface area (Å²) < 4.78 is 23.4. The van der Waals surface area contributed by atoms with E-state index in [1.807, 2.05) is 13.0 Å². The fraction of sp³-hybridized carbons (Fsp3) is 0.308. The van der Waals surface area contributed by atoms with Crippen LogP contribution >= 0.6 is 10.7 Å². The van der Waals surface area contributed by atoms with Gasteiger partial charge in [0, 0.05) is 33.3 Å². The van der Waals surface area contributed by atoms with Crippen LogP contribution in [0.4, 0.5) is 0 Å². The van der Waals surface area contributed by atoms with E-state index < -0.39 is 9.05 Å². The van der Waals surface area contributed by atoms with Crippen molar-refractivity contribution < 1.29 is 8.42 Å². The molecular formula is C13H12ClNO2S. The van der Waals surface area contributed by atoms with Gasteiger partial charge in [-0.25, -0.2) is 8.42 Å². The van der Waals surface area contributed by atoms with Crippen LogP contribution in [0.3, 0.4) is 0 Å². The third-order valence-corrected chi connectivity index (χ3v) is 4.75. The van der Waals surface area contributed by atoms with Gasteiger partial charge in [-0.3, -0.25) is 4.98 Å². The van der Waals surface area contributed by atoms with E-state index in [-0.39, 0.29) is 4.90 Å². The van der Waals surface area contributed by atoms with Gasteiger partial charge >= 0.3 is 0 Å². The van der Waals surface area contributed by atoms with Crippen molar-refractivity contribution in [3.63, 3.8) is 0 Å². The summed E-state index contributed by atoms with van der Waals surface area (Å²) in [4.78, 5) is 4.56. The maximum absolute atomic E-state index is 11.7. The third-order valence-electron chi connectivity index (χ3n) is 3.38. The van der Waals surface area contributed by atoms with Crippen molar-refractivity contribution in [2.75, 3.05) is 0 Å². The van der Waals surface area contributed by atoms with Crippen molar-refractivity contribution in [3.8, 4) is 0 Å². The van der Waals surface area contributed by atoms with Gasteiger partial charge in [-0.2, -0.15) is 0 Å². The Labute approximate surface area is 110 Å². The summed E-state index contributed by atoms with van der Waals surface area (Å²) in [7, 11) is 1.81. The highest BCUT2D eigenvalue weighted by Gasteiger charge is 2.28. The van der Waals surface area contributed by atoms with Gasteiger partial charge in [-0.1, -0.05) is 12.1 Å². The molecule has 1 aromatic heterocycles. The Morgan fingerprint density at radius 2 is 2.06 bits per heavy atom. The topological polar surface area (TPSA) is 47.0 Å². The summed E-state index contributed by atoms with van der Waals surface area (Å²) in [6.45, 7) is 1.88. The van der Waals surface area contributed by atoms with Crippen LogP contribution in [0.5, 0.6) is 0 Å². The van der Waals surface area contributed by atoms with Crippen LogP contribution in [0, 0.1) is 6.92 Å². The molecule has 0 spiro atoms. The van der Waals surface area contributed by atoms with Crippen molar-refractivity contribution in [2.45, 2.75) is 30.6 Å². The Kier molecular flexibility index (Phi) is 2.61. The molecule has 18 heavy (non-hydrogen) atoms. The minimum absolute atomic E-state index is 0.203. The molecule has 1 aromatic carbocycles. The Bertz CT molecular complexity index is 736. The molecule has 5 heteroatoms. The fourth-order valence-electron chi connectivity index (χ4n) is 2.34. The predicted molar refractivity (Wildman–Crippen MR) is 71.5 cm³/mol. The summed E-state index contributed by atoms with van der Waals surface area (Å²) in [5.74, 6) is 0.431. The molecule has 3 nitrogen and oxygen atoms in total. The number of pyridine rings is 1. The zero-order valence-corrected chi connectivity index (χ0v) is 11.4. The number of aromatic nitrogens is 1. The zero-order chi connectivity index (χ0) is 12.9. The molecule has 1 saturated carbocycles. The molecule has 2 aromatic rings. The maximum atomic E-state index is 11.7. The number of halogens is 1. The highest BCUT2D eigenvalue weighted by Crippen LogP contribution is 2.44. The summed E-state index contributed by atoms with van der Waals surface area (Å²) in [5.41, 5.74) is 1.84. The summed E-state index contributed by atoms with van der Waals surface area (Å²) >= 11 is 0. The van der Waals surface area contributed by atoms with Gasteiger partial charge in [0.15, 0.2) is 0 Å². The second kappa shape index (κ2) is 3.93. The molecule has 0 radical (unpaired) electrons. The standard InChI is InChI=1S/C13H12ClNO2S/c1-8-10-3-2-4-12(18(14,16)17)13(10)11(7-15-8)9-5-6-9/h2-4,7,9H,5-6H2,1H3. The first-order valence-electron chi connectivity index (χ1n) is 5.81. The quantitative estimate of drug-likeness (QED) is 0.793. The number of hydrogen-bond donors (Lipinski definition) is 0. The molecule has 0 unspecified atom stereocenters. The number of benzene rings is 1. The van der Waals surface area contributed by atoms with Gasteiger partial charge in [0.2, 0.25) is 0 Å². The summed E-state index contributed by atoms with van der Waals surface area (Å²) in [6, 6.07) is 5.17. The zero-order valence-electron chi connectivity index (χ0n) is 9.85. The number of fused-ring (bicyclic) bond motifs is 1. The van der Waals surface area contributed by atoms with Gasteiger partial charge in [0.25, 0.3) is 9.05 Å². The molecule has 1 heterocycles. The van der Waals surface area contributed by atoms with Crippen LogP contribution in [-0.4, -0.2) is 13.4 Å². The molecule has 0 bridgehead atoms. The first-order valence-corrected chi connectivity index (χ1v) is 8.12. The highest BCUT2D eigenvalue weighted by molar-refractivity contribution is 8.14. The SMILES string of the molecule is Cc1ncc(C2CC2)c2c(S(=O)(=O)Cl)cccc12. The Morgan fingerprint density at radius 1 is 1.33 bits per heavy atom. The van der Waals surface area contributed by atoms with E-state index in [1.165, 1.54) is 0 Å². The van der Waals surface area contributed by atoms with Crippen molar-refractivity contribution in [3.05, 3.63) is 35.7 Å². The molecule has 3 rings (SSSR count). The maximum Gasteiger partial charge on any atom is 0.261 e. The molecule has 0 amide bonds. The smallest absolute Gasteiger partial charge is 0.261 e. The fourth-order valence-corrected chi connectivity index (χ4v) is 3.44. The van der Waals surface area contributed by atoms with E-state index in [0.29, 0.717) is 5.92 Å². The van der Waals surface area contributed by atoms with Crippen molar-refractivity contribution in [1.29, 1.82) is 0 Å². The van der Waals surface area contributed by atoms with Gasteiger partial charge in [0.05, 0.1) is 4.90 Å². The average molecular weight is 282 g/mol. The normalized spacial score (nSPS) is 16.1. The van der Waals surface area contributed by atoms with Crippen LogP contribution in [0.2, 0.25) is 0 Å². The minimum Gasteiger partial charge on any atom is -0.261 e. The van der Waals surface area contributed by atoms with Gasteiger partial charge in [0.1, 0.15) is 0 Å². The van der Waals surface area contributed by atoms with Crippen LogP contribution in [0.15, 0.2) is 29.3 Å². The molecule has 0 saturated heterocycles. The Hall–Kier alpha value is -1.13. The average Bonchev–Trinajstić information content (AvgIpc) is 3.12. The highest BCUT2D eigenvalue weighted by atomic mass is 35.7. The van der Waals surface area contributed by atoms with Crippen molar-refractivity contribution >= 4 is 30.5 Å². The number of hydrogen-bond acceptors (Lipinski definition) is 3. The van der Waals surface area contributed by atoms with E-state index in [0.717, 1.165) is 34.9 Å². The number of aryl methyl sites for hydroxylation is 1. The lowest BCUT2D eigenvalue weighted by Gasteiger charge is -2.10. The van der Waals surface area contributed by atoms with E-state index >= 15 is 0 Å². The van der Waals surface area contributed by atoms with Crippen LogP contribution in [-0.2, 0) is 9.05 Å². The van der Waals surface area contributed by atoms with Gasteiger partial charge in [-0.05, 0) is 37.3 Å². The molecule has 0 atom stereocenters. The molecule has 94 valence electrons. The molecule has 1 fully saturated rings. The van der Waals surface area contributed by atoms with Crippen molar-refractivity contribution in [2.24, 2.45) is 0 Å². The summed E-state index contributed by atoms with van der Waals surface area (Å²) in [6.07, 6.45) is 3.98. The van der Waals surface area contributed by atoms with E-state index in [4.69, 9.17) is 10.7 Å². The first-order chi connectivity index (χ1) is 8.48. The van der Waals surface area contributed by atoms with Crippen molar-refractivity contribution in [1.82, 2.24) is 4.98 Å². The monoisotopic (exact) mass is 281 g/mol. The molecule has 1 aliphatic rings. The molecule has 0 N–H and O–H groups in total. The van der Waals surface area contributed by atoms with Gasteiger partial charge < -0.3 is 0 Å². The number of nitrogens with zero attached hydrogens (tertiary/aromatic N) is 1. The molecule has 0 aliphatic heterocycles.